The van der Waals surface area contributed by atoms with Crippen LogP contribution in [0.2, 0.25) is 0 Å². The van der Waals surface area contributed by atoms with Gasteiger partial charge in [0, 0.05) is 42.8 Å². The number of halogens is 1. The molecule has 0 saturated heterocycles. The normalized spacial score (nSPS) is 15.1. The van der Waals surface area contributed by atoms with Crippen molar-refractivity contribution in [3.05, 3.63) is 65.1 Å². The summed E-state index contributed by atoms with van der Waals surface area (Å²) in [7, 11) is 0. The molecule has 0 fully saturated rings. The molecule has 0 amide bonds. The number of aromatic nitrogens is 2. The molecule has 0 spiro atoms. The number of nitrogens with one attached hydrogen (secondary N) is 1. The van der Waals surface area contributed by atoms with Gasteiger partial charge in [-0.3, -0.25) is 4.90 Å². The highest BCUT2D eigenvalue weighted by atomic mass is 32.1. The molecule has 1 aliphatic heterocycles. The third kappa shape index (κ3) is 3.85. The number of H-pyrrole nitrogens is 1. The van der Waals surface area contributed by atoms with Gasteiger partial charge in [0.25, 0.3) is 0 Å². The van der Waals surface area contributed by atoms with E-state index in [9.17, 15) is 4.39 Å². The van der Waals surface area contributed by atoms with E-state index in [-0.39, 0.29) is 5.82 Å². The van der Waals surface area contributed by atoms with Crippen LogP contribution in [0.5, 0.6) is 5.75 Å². The molecule has 0 aliphatic carbocycles. The van der Waals surface area contributed by atoms with Crippen molar-refractivity contribution in [2.75, 3.05) is 26.2 Å². The van der Waals surface area contributed by atoms with Gasteiger partial charge in [0.1, 0.15) is 11.6 Å². The molecule has 1 N–H and O–H groups in total. The van der Waals surface area contributed by atoms with Gasteiger partial charge in [0.2, 0.25) is 0 Å². The standard InChI is InChI=1S/C24H24FN3OS/c1-16-27-22-14-18(6-7-23(22)30-16)29-13-3-10-28-11-8-17(9-12-28)20-15-26-24-19(20)4-2-5-21(24)25/h2,4-8,14-15,26H,3,9-13H2,1H3. The Kier molecular flexibility index (Phi) is 5.27. The van der Waals surface area contributed by atoms with Crippen LogP contribution in [0.15, 0.2) is 48.7 Å². The summed E-state index contributed by atoms with van der Waals surface area (Å²) in [4.78, 5) is 10.1. The van der Waals surface area contributed by atoms with E-state index < -0.39 is 0 Å². The average molecular weight is 422 g/mol. The van der Waals surface area contributed by atoms with Gasteiger partial charge in [-0.05, 0) is 43.5 Å². The highest BCUT2D eigenvalue weighted by molar-refractivity contribution is 7.18. The minimum atomic E-state index is -0.194. The Balaban J connectivity index is 1.14. The number of fused-ring (bicyclic) bond motifs is 2. The molecule has 154 valence electrons. The predicted octanol–water partition coefficient (Wildman–Crippen LogP) is 5.78. The third-order valence-corrected chi connectivity index (χ3v) is 6.61. The Morgan fingerprint density at radius 3 is 3.07 bits per heavy atom. The second kappa shape index (κ2) is 8.20. The summed E-state index contributed by atoms with van der Waals surface area (Å²) in [5, 5.41) is 2.05. The van der Waals surface area contributed by atoms with Gasteiger partial charge in [0.05, 0.1) is 27.3 Å². The van der Waals surface area contributed by atoms with Crippen molar-refractivity contribution >= 4 is 38.0 Å². The molecule has 6 heteroatoms. The van der Waals surface area contributed by atoms with Gasteiger partial charge in [-0.15, -0.1) is 11.3 Å². The van der Waals surface area contributed by atoms with E-state index >= 15 is 0 Å². The smallest absolute Gasteiger partial charge is 0.147 e. The summed E-state index contributed by atoms with van der Waals surface area (Å²) in [5.41, 5.74) is 4.03. The monoisotopic (exact) mass is 421 g/mol. The molecule has 4 aromatic rings. The topological polar surface area (TPSA) is 41.1 Å². The quantitative estimate of drug-likeness (QED) is 0.401. The molecule has 0 unspecified atom stereocenters. The van der Waals surface area contributed by atoms with Crippen LogP contribution in [0.1, 0.15) is 23.4 Å². The number of para-hydroxylation sites is 1. The molecule has 2 aromatic heterocycles. The number of aryl methyl sites for hydroxylation is 1. The number of nitrogens with zero attached hydrogens (tertiary/aromatic N) is 2. The number of benzene rings is 2. The van der Waals surface area contributed by atoms with Gasteiger partial charge in [0.15, 0.2) is 0 Å². The summed E-state index contributed by atoms with van der Waals surface area (Å²) >= 11 is 1.71. The number of thiazole rings is 1. The molecular formula is C24H24FN3OS. The van der Waals surface area contributed by atoms with Crippen LogP contribution >= 0.6 is 11.3 Å². The van der Waals surface area contributed by atoms with Crippen LogP contribution in [0, 0.1) is 12.7 Å². The Morgan fingerprint density at radius 1 is 1.27 bits per heavy atom. The van der Waals surface area contributed by atoms with Crippen LogP contribution in [-0.2, 0) is 0 Å². The van der Waals surface area contributed by atoms with Crippen molar-refractivity contribution in [2.45, 2.75) is 19.8 Å². The lowest BCUT2D eigenvalue weighted by Gasteiger charge is -2.26. The van der Waals surface area contributed by atoms with E-state index in [0.29, 0.717) is 12.1 Å². The van der Waals surface area contributed by atoms with E-state index in [0.717, 1.165) is 59.7 Å². The van der Waals surface area contributed by atoms with Gasteiger partial charge in [-0.25, -0.2) is 9.37 Å². The molecule has 0 atom stereocenters. The number of ether oxygens (including phenoxy) is 1. The zero-order valence-electron chi connectivity index (χ0n) is 17.0. The zero-order chi connectivity index (χ0) is 20.5. The minimum Gasteiger partial charge on any atom is -0.493 e. The van der Waals surface area contributed by atoms with E-state index in [1.807, 2.05) is 31.3 Å². The summed E-state index contributed by atoms with van der Waals surface area (Å²) < 4.78 is 21.1. The fraction of sp³-hybridized carbons (Fsp3) is 0.292. The summed E-state index contributed by atoms with van der Waals surface area (Å²) in [6, 6.07) is 11.4. The summed E-state index contributed by atoms with van der Waals surface area (Å²) in [5.74, 6) is 0.695. The molecule has 3 heterocycles. The largest absolute Gasteiger partial charge is 0.493 e. The second-order valence-corrected chi connectivity index (χ2v) is 8.94. The molecular weight excluding hydrogens is 397 g/mol. The molecule has 0 bridgehead atoms. The van der Waals surface area contributed by atoms with Crippen molar-refractivity contribution in [3.63, 3.8) is 0 Å². The lowest BCUT2D eigenvalue weighted by Crippen LogP contribution is -2.30. The molecule has 30 heavy (non-hydrogen) atoms. The maximum atomic E-state index is 13.9. The Bertz CT molecular complexity index is 1230. The maximum Gasteiger partial charge on any atom is 0.147 e. The number of rotatable bonds is 6. The first-order valence-corrected chi connectivity index (χ1v) is 11.2. The number of hydrogen-bond donors (Lipinski definition) is 1. The van der Waals surface area contributed by atoms with Crippen molar-refractivity contribution in [1.29, 1.82) is 0 Å². The minimum absolute atomic E-state index is 0.194. The fourth-order valence-corrected chi connectivity index (χ4v) is 4.94. The van der Waals surface area contributed by atoms with Crippen LogP contribution in [0.3, 0.4) is 0 Å². The molecule has 4 nitrogen and oxygen atoms in total. The average Bonchev–Trinajstić information content (AvgIpc) is 3.35. The van der Waals surface area contributed by atoms with E-state index in [2.05, 4.69) is 27.0 Å². The first-order valence-electron chi connectivity index (χ1n) is 10.3. The lowest BCUT2D eigenvalue weighted by molar-refractivity contribution is 0.248. The molecule has 0 radical (unpaired) electrons. The van der Waals surface area contributed by atoms with E-state index in [1.54, 1.807) is 17.4 Å². The summed E-state index contributed by atoms with van der Waals surface area (Å²) in [6.07, 6.45) is 6.17. The van der Waals surface area contributed by atoms with Crippen LogP contribution in [0.25, 0.3) is 26.7 Å². The molecule has 1 aliphatic rings. The van der Waals surface area contributed by atoms with E-state index in [1.165, 1.54) is 16.3 Å². The number of aromatic amines is 1. The first-order chi connectivity index (χ1) is 14.7. The van der Waals surface area contributed by atoms with Crippen LogP contribution in [0.4, 0.5) is 4.39 Å². The van der Waals surface area contributed by atoms with Gasteiger partial charge < -0.3 is 9.72 Å². The van der Waals surface area contributed by atoms with Gasteiger partial charge in [-0.2, -0.15) is 0 Å². The summed E-state index contributed by atoms with van der Waals surface area (Å²) in [6.45, 7) is 5.66. The van der Waals surface area contributed by atoms with E-state index in [4.69, 9.17) is 4.74 Å². The highest BCUT2D eigenvalue weighted by Gasteiger charge is 2.16. The maximum absolute atomic E-state index is 13.9. The Labute approximate surface area is 179 Å². The predicted molar refractivity (Wildman–Crippen MR) is 122 cm³/mol. The molecule has 0 saturated carbocycles. The molecule has 2 aromatic carbocycles. The number of hydrogen-bond acceptors (Lipinski definition) is 4. The zero-order valence-corrected chi connectivity index (χ0v) is 17.8. The second-order valence-electron chi connectivity index (χ2n) is 7.71. The van der Waals surface area contributed by atoms with Crippen molar-refractivity contribution < 1.29 is 9.13 Å². The van der Waals surface area contributed by atoms with Crippen LogP contribution < -0.4 is 4.74 Å². The fourth-order valence-electron chi connectivity index (χ4n) is 4.13. The molecule has 5 rings (SSSR count). The third-order valence-electron chi connectivity index (χ3n) is 5.66. The Hall–Kier alpha value is -2.70. The highest BCUT2D eigenvalue weighted by Crippen LogP contribution is 2.30. The van der Waals surface area contributed by atoms with Crippen LogP contribution in [-0.4, -0.2) is 41.1 Å². The van der Waals surface area contributed by atoms with Crippen molar-refractivity contribution in [2.24, 2.45) is 0 Å². The van der Waals surface area contributed by atoms with Crippen molar-refractivity contribution in [1.82, 2.24) is 14.9 Å². The SMILES string of the molecule is Cc1nc2cc(OCCCN3CC=C(c4c[nH]c5c(F)cccc45)CC3)ccc2s1. The van der Waals surface area contributed by atoms with Crippen molar-refractivity contribution in [3.8, 4) is 5.75 Å². The van der Waals surface area contributed by atoms with Gasteiger partial charge in [-0.1, -0.05) is 18.2 Å². The lowest BCUT2D eigenvalue weighted by atomic mass is 9.99. The first kappa shape index (κ1) is 19.3. The van der Waals surface area contributed by atoms with Gasteiger partial charge >= 0.3 is 0 Å². The Morgan fingerprint density at radius 2 is 2.20 bits per heavy atom.